The van der Waals surface area contributed by atoms with Gasteiger partial charge in [0.1, 0.15) is 11.5 Å². The first-order valence-corrected chi connectivity index (χ1v) is 5.15. The Balaban J connectivity index is 2.74. The number of rotatable bonds is 3. The van der Waals surface area contributed by atoms with Gasteiger partial charge in [0.05, 0.1) is 0 Å². The maximum Gasteiger partial charge on any atom is 0.219 e. The van der Waals surface area contributed by atoms with Crippen LogP contribution in [-0.4, -0.2) is 34.6 Å². The molecule has 0 aliphatic heterocycles. The van der Waals surface area contributed by atoms with Crippen LogP contribution in [0.15, 0.2) is 12.1 Å². The molecule has 4 heteroatoms. The highest BCUT2D eigenvalue weighted by molar-refractivity contribution is 5.72. The van der Waals surface area contributed by atoms with Crippen LogP contribution in [0.5, 0.6) is 11.5 Å². The Labute approximate surface area is 95.1 Å². The molecule has 4 nitrogen and oxygen atoms in total. The molecular formula is C12H17NO3. The first-order chi connectivity index (χ1) is 7.41. The molecule has 0 aliphatic carbocycles. The molecule has 0 saturated carbocycles. The van der Waals surface area contributed by atoms with Gasteiger partial charge >= 0.3 is 0 Å². The molecule has 0 saturated heterocycles. The maximum absolute atomic E-state index is 11.0. The van der Waals surface area contributed by atoms with Crippen molar-refractivity contribution in [2.45, 2.75) is 20.3 Å². The van der Waals surface area contributed by atoms with Gasteiger partial charge in [-0.25, -0.2) is 0 Å². The molecule has 0 fully saturated rings. The third-order valence-electron chi connectivity index (χ3n) is 2.65. The average Bonchev–Trinajstić information content (AvgIpc) is 2.20. The van der Waals surface area contributed by atoms with E-state index in [1.165, 1.54) is 13.0 Å². The number of carbonyl (C=O) groups excluding carboxylic acids is 1. The molecule has 1 amide bonds. The molecule has 0 unspecified atom stereocenters. The summed E-state index contributed by atoms with van der Waals surface area (Å²) in [7, 11) is 1.70. The van der Waals surface area contributed by atoms with Gasteiger partial charge in [-0.2, -0.15) is 0 Å². The predicted molar refractivity (Wildman–Crippen MR) is 61.5 cm³/mol. The number of phenols is 2. The normalized spacial score (nSPS) is 10.2. The van der Waals surface area contributed by atoms with Gasteiger partial charge in [0.25, 0.3) is 0 Å². The van der Waals surface area contributed by atoms with Crippen molar-refractivity contribution in [1.82, 2.24) is 4.90 Å². The third kappa shape index (κ3) is 2.89. The van der Waals surface area contributed by atoms with E-state index in [1.54, 1.807) is 24.9 Å². The molecule has 2 N–H and O–H groups in total. The summed E-state index contributed by atoms with van der Waals surface area (Å²) in [5.74, 6) is 0.307. The van der Waals surface area contributed by atoms with Crippen molar-refractivity contribution in [1.29, 1.82) is 0 Å². The Bertz CT molecular complexity index is 401. The summed E-state index contributed by atoms with van der Waals surface area (Å²) in [5.41, 5.74) is 1.29. The molecule has 0 heterocycles. The van der Waals surface area contributed by atoms with Crippen molar-refractivity contribution < 1.29 is 15.0 Å². The van der Waals surface area contributed by atoms with Crippen molar-refractivity contribution in [3.63, 3.8) is 0 Å². The predicted octanol–water partition coefficient (Wildman–Crippen LogP) is 1.43. The molecule has 0 aromatic heterocycles. The minimum atomic E-state index is -0.0178. The molecule has 88 valence electrons. The smallest absolute Gasteiger partial charge is 0.219 e. The van der Waals surface area contributed by atoms with Crippen molar-refractivity contribution in [2.24, 2.45) is 0 Å². The van der Waals surface area contributed by atoms with Crippen LogP contribution in [0, 0.1) is 6.92 Å². The fraction of sp³-hybridized carbons (Fsp3) is 0.417. The monoisotopic (exact) mass is 223 g/mol. The Morgan fingerprint density at radius 2 is 1.94 bits per heavy atom. The highest BCUT2D eigenvalue weighted by atomic mass is 16.3. The number of aryl methyl sites for hydroxylation is 1. The van der Waals surface area contributed by atoms with Gasteiger partial charge in [0.15, 0.2) is 0 Å². The number of phenolic OH excluding ortho intramolecular Hbond substituents is 2. The lowest BCUT2D eigenvalue weighted by Gasteiger charge is -2.15. The number of likely N-dealkylation sites (N-methyl/N-ethyl adjacent to an activating group) is 1. The topological polar surface area (TPSA) is 60.8 Å². The molecule has 1 aromatic rings. The van der Waals surface area contributed by atoms with Crippen molar-refractivity contribution in [3.05, 3.63) is 23.3 Å². The van der Waals surface area contributed by atoms with E-state index < -0.39 is 0 Å². The van der Waals surface area contributed by atoms with E-state index >= 15 is 0 Å². The third-order valence-corrected chi connectivity index (χ3v) is 2.65. The van der Waals surface area contributed by atoms with Gasteiger partial charge in [-0.15, -0.1) is 0 Å². The minimum Gasteiger partial charge on any atom is -0.508 e. The summed E-state index contributed by atoms with van der Waals surface area (Å²) in [6, 6.07) is 3.07. The standard InChI is InChI=1S/C12H17NO3/c1-8-6-12(16)10(7-11(8)15)4-5-13(3)9(2)14/h6-7,15-16H,4-5H2,1-3H3. The Hall–Kier alpha value is -1.71. The summed E-state index contributed by atoms with van der Waals surface area (Å²) in [5, 5.41) is 19.2. The van der Waals surface area contributed by atoms with E-state index in [2.05, 4.69) is 0 Å². The number of nitrogens with zero attached hydrogens (tertiary/aromatic N) is 1. The molecule has 0 aliphatic rings. The van der Waals surface area contributed by atoms with Crippen LogP contribution in [-0.2, 0) is 11.2 Å². The van der Waals surface area contributed by atoms with Gasteiger partial charge in [-0.05, 0) is 36.6 Å². The van der Waals surface area contributed by atoms with Crippen molar-refractivity contribution in [3.8, 4) is 11.5 Å². The van der Waals surface area contributed by atoms with Crippen LogP contribution in [0.3, 0.4) is 0 Å². The molecule has 16 heavy (non-hydrogen) atoms. The molecule has 1 rings (SSSR count). The second kappa shape index (κ2) is 4.88. The Kier molecular flexibility index (Phi) is 3.77. The van der Waals surface area contributed by atoms with E-state index in [9.17, 15) is 15.0 Å². The quantitative estimate of drug-likeness (QED) is 0.762. The Morgan fingerprint density at radius 1 is 1.31 bits per heavy atom. The zero-order valence-corrected chi connectivity index (χ0v) is 9.82. The largest absolute Gasteiger partial charge is 0.508 e. The SMILES string of the molecule is CC(=O)N(C)CCc1cc(O)c(C)cc1O. The molecule has 0 atom stereocenters. The van der Waals surface area contributed by atoms with Crippen LogP contribution >= 0.6 is 0 Å². The summed E-state index contributed by atoms with van der Waals surface area (Å²) < 4.78 is 0. The summed E-state index contributed by atoms with van der Waals surface area (Å²) >= 11 is 0. The number of aromatic hydroxyl groups is 2. The zero-order chi connectivity index (χ0) is 12.3. The number of amides is 1. The second-order valence-corrected chi connectivity index (χ2v) is 3.96. The first kappa shape index (κ1) is 12.4. The van der Waals surface area contributed by atoms with Crippen LogP contribution in [0.25, 0.3) is 0 Å². The van der Waals surface area contributed by atoms with E-state index in [4.69, 9.17) is 0 Å². The summed E-state index contributed by atoms with van der Waals surface area (Å²) in [6.45, 7) is 3.73. The molecule has 0 radical (unpaired) electrons. The lowest BCUT2D eigenvalue weighted by Crippen LogP contribution is -2.26. The number of hydrogen-bond donors (Lipinski definition) is 2. The lowest BCUT2D eigenvalue weighted by atomic mass is 10.1. The molecular weight excluding hydrogens is 206 g/mol. The average molecular weight is 223 g/mol. The van der Waals surface area contributed by atoms with Crippen LogP contribution in [0.4, 0.5) is 0 Å². The van der Waals surface area contributed by atoms with Gasteiger partial charge in [-0.1, -0.05) is 0 Å². The lowest BCUT2D eigenvalue weighted by molar-refractivity contribution is -0.127. The van der Waals surface area contributed by atoms with Crippen LogP contribution in [0.2, 0.25) is 0 Å². The van der Waals surface area contributed by atoms with E-state index in [-0.39, 0.29) is 17.4 Å². The first-order valence-electron chi connectivity index (χ1n) is 5.15. The molecule has 0 spiro atoms. The van der Waals surface area contributed by atoms with Gasteiger partial charge in [-0.3, -0.25) is 4.79 Å². The highest BCUT2D eigenvalue weighted by Gasteiger charge is 2.08. The maximum atomic E-state index is 11.0. The van der Waals surface area contributed by atoms with Gasteiger partial charge < -0.3 is 15.1 Å². The van der Waals surface area contributed by atoms with Crippen LogP contribution in [0.1, 0.15) is 18.1 Å². The van der Waals surface area contributed by atoms with Crippen LogP contribution < -0.4 is 0 Å². The highest BCUT2D eigenvalue weighted by Crippen LogP contribution is 2.26. The number of carbonyl (C=O) groups is 1. The van der Waals surface area contributed by atoms with E-state index in [0.29, 0.717) is 24.1 Å². The molecule has 1 aromatic carbocycles. The second-order valence-electron chi connectivity index (χ2n) is 3.96. The number of hydrogen-bond acceptors (Lipinski definition) is 3. The summed E-state index contributed by atoms with van der Waals surface area (Å²) in [4.78, 5) is 12.6. The fourth-order valence-electron chi connectivity index (χ4n) is 1.37. The number of benzene rings is 1. The Morgan fingerprint density at radius 3 is 2.50 bits per heavy atom. The van der Waals surface area contributed by atoms with Gasteiger partial charge in [0, 0.05) is 20.5 Å². The van der Waals surface area contributed by atoms with E-state index in [1.807, 2.05) is 0 Å². The zero-order valence-electron chi connectivity index (χ0n) is 9.82. The van der Waals surface area contributed by atoms with Crippen molar-refractivity contribution in [2.75, 3.05) is 13.6 Å². The van der Waals surface area contributed by atoms with E-state index in [0.717, 1.165) is 0 Å². The fourth-order valence-corrected chi connectivity index (χ4v) is 1.37. The summed E-state index contributed by atoms with van der Waals surface area (Å²) in [6.07, 6.45) is 0.524. The van der Waals surface area contributed by atoms with Gasteiger partial charge in [0.2, 0.25) is 5.91 Å². The van der Waals surface area contributed by atoms with Crippen molar-refractivity contribution >= 4 is 5.91 Å². The minimum absolute atomic E-state index is 0.0178. The molecule has 0 bridgehead atoms.